The van der Waals surface area contributed by atoms with Gasteiger partial charge >= 0.3 is 5.69 Å². The molecule has 0 bridgehead atoms. The minimum absolute atomic E-state index is 0.0645. The van der Waals surface area contributed by atoms with Crippen LogP contribution in [-0.4, -0.2) is 78.2 Å². The lowest BCUT2D eigenvalue weighted by atomic mass is 9.96. The van der Waals surface area contributed by atoms with Crippen LogP contribution < -0.4 is 19.8 Å². The average molecular weight is 644 g/mol. The minimum Gasteiger partial charge on any atom is -0.496 e. The zero-order chi connectivity index (χ0) is 33.7. The van der Waals surface area contributed by atoms with Gasteiger partial charge in [0.25, 0.3) is 11.5 Å². The van der Waals surface area contributed by atoms with Gasteiger partial charge in [0.1, 0.15) is 5.75 Å². The molecule has 4 aromatic rings. The maximum Gasteiger partial charge on any atom is 0.315 e. The summed E-state index contributed by atoms with van der Waals surface area (Å²) in [6, 6.07) is 13.6. The molecule has 5 rings (SSSR count). The Morgan fingerprint density at radius 2 is 1.87 bits per heavy atom. The Labute approximate surface area is 271 Å². The Balaban J connectivity index is 1.60. The normalized spacial score (nSPS) is 13.4. The molecule has 3 aromatic carbocycles. The van der Waals surface area contributed by atoms with Crippen molar-refractivity contribution < 1.29 is 28.7 Å². The summed E-state index contributed by atoms with van der Waals surface area (Å²) in [5.74, 6) is 0.722. The quantitative estimate of drug-likeness (QED) is 0.126. The Bertz CT molecular complexity index is 1900. The van der Waals surface area contributed by atoms with Crippen molar-refractivity contribution in [3.05, 3.63) is 85.7 Å². The molecule has 1 fully saturated rings. The fraction of sp³-hybridized carbons (Fsp3) is 0.353. The smallest absolute Gasteiger partial charge is 0.315 e. The van der Waals surface area contributed by atoms with Crippen molar-refractivity contribution in [2.24, 2.45) is 5.10 Å². The third-order valence-corrected chi connectivity index (χ3v) is 7.77. The van der Waals surface area contributed by atoms with Gasteiger partial charge in [-0.15, -0.1) is 0 Å². The predicted octanol–water partition coefficient (Wildman–Crippen LogP) is 4.93. The first-order valence-electron chi connectivity index (χ1n) is 15.3. The number of morpholine rings is 1. The number of carbonyl (C=O) groups is 1. The molecule has 1 aliphatic heterocycles. The number of aryl methyl sites for hydroxylation is 1. The second kappa shape index (κ2) is 14.4. The second-order valence-electron chi connectivity index (χ2n) is 11.2. The minimum atomic E-state index is -0.613. The Kier molecular flexibility index (Phi) is 10.1. The number of methoxy groups -OCH3 is 1. The number of aromatic nitrogens is 2. The molecule has 0 atom stereocenters. The van der Waals surface area contributed by atoms with Gasteiger partial charge in [0, 0.05) is 30.3 Å². The first-order valence-corrected chi connectivity index (χ1v) is 15.3. The number of nitro benzene ring substituents is 1. The molecule has 1 saturated heterocycles. The van der Waals surface area contributed by atoms with E-state index < -0.39 is 22.8 Å². The van der Waals surface area contributed by atoms with Gasteiger partial charge in [-0.2, -0.15) is 9.78 Å². The van der Waals surface area contributed by atoms with E-state index in [2.05, 4.69) is 5.10 Å². The van der Waals surface area contributed by atoms with Crippen molar-refractivity contribution in [1.29, 1.82) is 0 Å². The Morgan fingerprint density at radius 1 is 1.13 bits per heavy atom. The lowest BCUT2D eigenvalue weighted by Crippen LogP contribution is -2.43. The first kappa shape index (κ1) is 33.1. The van der Waals surface area contributed by atoms with Gasteiger partial charge in [-0.1, -0.05) is 26.0 Å². The zero-order valence-corrected chi connectivity index (χ0v) is 27.0. The maximum atomic E-state index is 13.9. The van der Waals surface area contributed by atoms with Gasteiger partial charge < -0.3 is 23.8 Å². The lowest BCUT2D eigenvalue weighted by molar-refractivity contribution is -0.385. The van der Waals surface area contributed by atoms with Crippen molar-refractivity contribution in [1.82, 2.24) is 14.6 Å². The molecule has 0 unspecified atom stereocenters. The van der Waals surface area contributed by atoms with Crippen LogP contribution in [0.1, 0.15) is 43.4 Å². The van der Waals surface area contributed by atoms with Crippen molar-refractivity contribution >= 4 is 28.7 Å². The molecule has 246 valence electrons. The number of hydrogen-bond donors (Lipinski definition) is 0. The van der Waals surface area contributed by atoms with Crippen LogP contribution in [0.4, 0.5) is 5.69 Å². The summed E-state index contributed by atoms with van der Waals surface area (Å²) in [6.07, 6.45) is 1.34. The van der Waals surface area contributed by atoms with Crippen molar-refractivity contribution in [2.45, 2.75) is 33.6 Å². The van der Waals surface area contributed by atoms with E-state index >= 15 is 0 Å². The number of carbonyl (C=O) groups excluding carboxylic acids is 1. The Morgan fingerprint density at radius 3 is 2.55 bits per heavy atom. The number of para-hydroxylation sites is 1. The Hall–Kier alpha value is -5.30. The molecule has 47 heavy (non-hydrogen) atoms. The van der Waals surface area contributed by atoms with Crippen LogP contribution in [0.25, 0.3) is 22.3 Å². The van der Waals surface area contributed by atoms with E-state index in [0.29, 0.717) is 48.6 Å². The SMILES string of the molecule is CCOc1cc(C=Nn2c(-c3cc(C(C)C)c(OC)cc3C)nc3ccccc3c2=O)cc([N+](=O)[O-])c1OCC(=O)N1CCOCC1. The van der Waals surface area contributed by atoms with Gasteiger partial charge in [-0.05, 0) is 61.2 Å². The van der Waals surface area contributed by atoms with E-state index in [0.717, 1.165) is 16.9 Å². The molecular weight excluding hydrogens is 606 g/mol. The molecule has 0 aliphatic carbocycles. The predicted molar refractivity (Wildman–Crippen MR) is 177 cm³/mol. The fourth-order valence-electron chi connectivity index (χ4n) is 5.36. The number of hydrogen-bond acceptors (Lipinski definition) is 10. The highest BCUT2D eigenvalue weighted by Crippen LogP contribution is 2.39. The van der Waals surface area contributed by atoms with Gasteiger partial charge in [0.15, 0.2) is 18.2 Å². The molecule has 0 saturated carbocycles. The molecule has 1 aliphatic rings. The van der Waals surface area contributed by atoms with Crippen LogP contribution in [-0.2, 0) is 9.53 Å². The molecule has 0 radical (unpaired) electrons. The summed E-state index contributed by atoms with van der Waals surface area (Å²) in [5.41, 5.74) is 2.39. The summed E-state index contributed by atoms with van der Waals surface area (Å²) in [4.78, 5) is 44.6. The molecule has 13 heteroatoms. The number of rotatable bonds is 11. The highest BCUT2D eigenvalue weighted by molar-refractivity contribution is 5.85. The molecule has 1 aromatic heterocycles. The summed E-state index contributed by atoms with van der Waals surface area (Å²) in [6.45, 7) is 9.15. The van der Waals surface area contributed by atoms with Gasteiger partial charge in [-0.3, -0.25) is 19.7 Å². The maximum absolute atomic E-state index is 13.9. The van der Waals surface area contributed by atoms with Gasteiger partial charge in [0.05, 0.1) is 49.0 Å². The number of nitrogens with zero attached hydrogens (tertiary/aromatic N) is 5. The third kappa shape index (κ3) is 7.09. The van der Waals surface area contributed by atoms with E-state index in [9.17, 15) is 19.7 Å². The van der Waals surface area contributed by atoms with E-state index in [1.807, 2.05) is 32.9 Å². The number of ether oxygens (including phenoxy) is 4. The van der Waals surface area contributed by atoms with Crippen LogP contribution >= 0.6 is 0 Å². The van der Waals surface area contributed by atoms with E-state index in [-0.39, 0.29) is 35.5 Å². The number of nitro groups is 1. The summed E-state index contributed by atoms with van der Waals surface area (Å²) >= 11 is 0. The third-order valence-electron chi connectivity index (χ3n) is 7.77. The monoisotopic (exact) mass is 643 g/mol. The van der Waals surface area contributed by atoms with Crippen LogP contribution in [0.3, 0.4) is 0 Å². The van der Waals surface area contributed by atoms with Crippen molar-refractivity contribution in [3.63, 3.8) is 0 Å². The average Bonchev–Trinajstić information content (AvgIpc) is 3.07. The lowest BCUT2D eigenvalue weighted by Gasteiger charge is -2.26. The second-order valence-corrected chi connectivity index (χ2v) is 11.2. The topological polar surface area (TPSA) is 148 Å². The standard InChI is InChI=1S/C34H37N5O8/c1-6-46-30-17-23(16-28(39(42)43)32(30)47-20-31(40)37-11-13-45-14-12-37)19-35-38-33(36-27-10-8-7-9-24(27)34(38)41)26-18-25(21(2)3)29(44-5)15-22(26)4/h7-10,15-19,21H,6,11-14,20H2,1-5H3. The largest absolute Gasteiger partial charge is 0.496 e. The fourth-order valence-corrected chi connectivity index (χ4v) is 5.36. The molecule has 0 spiro atoms. The summed E-state index contributed by atoms with van der Waals surface area (Å²) in [5, 5.41) is 17.1. The zero-order valence-electron chi connectivity index (χ0n) is 27.0. The van der Waals surface area contributed by atoms with Crippen LogP contribution in [0.15, 0.2) is 58.4 Å². The number of fused-ring (bicyclic) bond motifs is 1. The van der Waals surface area contributed by atoms with Crippen molar-refractivity contribution in [3.8, 4) is 28.6 Å². The summed E-state index contributed by atoms with van der Waals surface area (Å²) < 4.78 is 23.5. The van der Waals surface area contributed by atoms with Gasteiger partial charge in [0.2, 0.25) is 5.75 Å². The van der Waals surface area contributed by atoms with E-state index in [1.54, 1.807) is 43.2 Å². The summed E-state index contributed by atoms with van der Waals surface area (Å²) in [7, 11) is 1.61. The van der Waals surface area contributed by atoms with Crippen LogP contribution in [0.2, 0.25) is 0 Å². The van der Waals surface area contributed by atoms with Crippen molar-refractivity contribution in [2.75, 3.05) is 46.6 Å². The van der Waals surface area contributed by atoms with E-state index in [4.69, 9.17) is 23.9 Å². The number of benzene rings is 3. The number of amides is 1. The molecule has 2 heterocycles. The van der Waals surface area contributed by atoms with Crippen LogP contribution in [0, 0.1) is 17.0 Å². The van der Waals surface area contributed by atoms with Crippen LogP contribution in [0.5, 0.6) is 17.2 Å². The molecule has 13 nitrogen and oxygen atoms in total. The molecule has 1 amide bonds. The molecular formula is C34H37N5O8. The van der Waals surface area contributed by atoms with Gasteiger partial charge in [-0.25, -0.2) is 4.98 Å². The van der Waals surface area contributed by atoms with E-state index in [1.165, 1.54) is 23.0 Å². The molecule has 0 N–H and O–H groups in total. The first-order chi connectivity index (χ1) is 22.6. The highest BCUT2D eigenvalue weighted by atomic mass is 16.6. The highest BCUT2D eigenvalue weighted by Gasteiger charge is 2.25.